The van der Waals surface area contributed by atoms with Gasteiger partial charge in [-0.1, -0.05) is 164 Å². The van der Waals surface area contributed by atoms with Crippen LogP contribution in [0.1, 0.15) is 162 Å². The number of H-pyrrole nitrogens is 4. The van der Waals surface area contributed by atoms with E-state index < -0.39 is 5.97 Å². The smallest absolute Gasteiger partial charge is 0.337 e. The van der Waals surface area contributed by atoms with Crippen molar-refractivity contribution < 1.29 is 14.6 Å². The third-order valence-corrected chi connectivity index (χ3v) is 15.8. The fourth-order valence-electron chi connectivity index (χ4n) is 8.12. The Balaban J connectivity index is 0.000000205. The number of hydrogen-bond acceptors (Lipinski definition) is 12. The fraction of sp³-hybridized carbons (Fsp3) is 0.305. The van der Waals surface area contributed by atoms with Gasteiger partial charge in [-0.2, -0.15) is 20.4 Å². The topological polar surface area (TPSA) is 256 Å². The first-order chi connectivity index (χ1) is 39.5. The van der Waals surface area contributed by atoms with E-state index in [1.807, 2.05) is 55.4 Å². The Morgan fingerprint density at radius 3 is 0.964 bits per heavy atom. The molecule has 0 amide bonds. The minimum atomic E-state index is -0.510. The third-order valence-electron chi connectivity index (χ3n) is 12.7. The first kappa shape index (κ1) is 69.2. The van der Waals surface area contributed by atoms with Crippen LogP contribution in [-0.2, 0) is 37.0 Å². The van der Waals surface area contributed by atoms with Crippen LogP contribution in [0.4, 0.5) is 5.69 Å². The highest BCUT2D eigenvalue weighted by molar-refractivity contribution is 9.10. The van der Waals surface area contributed by atoms with E-state index in [1.165, 1.54) is 19.2 Å². The number of methoxy groups -OCH3 is 1. The Kier molecular flexibility index (Phi) is 26.1. The van der Waals surface area contributed by atoms with Gasteiger partial charge in [0.25, 0.3) is 22.2 Å². The van der Waals surface area contributed by atoms with Crippen LogP contribution in [0.15, 0.2) is 96.4 Å². The van der Waals surface area contributed by atoms with Gasteiger partial charge in [-0.3, -0.25) is 19.2 Å². The average molecular weight is 1370 g/mol. The van der Waals surface area contributed by atoms with Crippen LogP contribution in [0, 0.1) is 0 Å². The summed E-state index contributed by atoms with van der Waals surface area (Å²) in [5.41, 5.74) is 14.8. The van der Waals surface area contributed by atoms with Crippen molar-refractivity contribution in [2.45, 2.75) is 111 Å². The molecule has 8 aromatic rings. The number of rotatable bonds is 14. The molecule has 0 aliphatic carbocycles. The van der Waals surface area contributed by atoms with Crippen molar-refractivity contribution in [3.63, 3.8) is 0 Å². The van der Waals surface area contributed by atoms with Crippen LogP contribution in [0.2, 0.25) is 40.2 Å². The van der Waals surface area contributed by atoms with Crippen LogP contribution in [0.25, 0.3) is 0 Å². The standard InChI is InChI=1S/C16H16Cl2N2O3.C15H16Cl2N2O2.C14H13BrCl2N2O.C14H15Cl2N3O/c1-8(2)11-6-10(19-20-15(11)21)7-12-13(17)4-9(5-14(12)18)16(22)23-3;1-8(2)11-5-10(18-19-15(11)21)6-12-13(16)3-9(7-20)4-14(12)17;1-7(2)10-5-9(18-19-14(10)20)6-11-12(16)3-8(15)4-13(11)17;1-7(2)10-5-9(18-19-14(10)20)6-11-12(15)3-8(17)4-13(11)16/h4-6,8H,7H2,1-3H3,(H,20,21);3-5,8,20H,6-7H2,1-2H3,(H,19,21);3-5,7H,6H2,1-2H3,(H,19,20);3-5,7H,6,17H2,1-2H3,(H,19,20). The zero-order valence-electron chi connectivity index (χ0n) is 46.9. The number of halogens is 9. The molecular weight excluding hydrogens is 1310 g/mol. The second-order valence-corrected chi connectivity index (χ2v) is 24.5. The maximum atomic E-state index is 11.7. The number of aromatic amines is 4. The largest absolute Gasteiger partial charge is 0.465 e. The average Bonchev–Trinajstić information content (AvgIpc) is 3.64. The van der Waals surface area contributed by atoms with Crippen LogP contribution >= 0.6 is 109 Å². The lowest BCUT2D eigenvalue weighted by Crippen LogP contribution is -2.17. The molecule has 4 heterocycles. The van der Waals surface area contributed by atoms with Crippen molar-refractivity contribution in [2.75, 3.05) is 12.8 Å². The number of anilines is 1. The minimum absolute atomic E-state index is 0.0770. The third kappa shape index (κ3) is 19.2. The van der Waals surface area contributed by atoms with E-state index in [0.29, 0.717) is 122 Å². The molecule has 0 unspecified atom stereocenters. The molecule has 0 fully saturated rings. The number of esters is 1. The number of aliphatic hydroxyl groups excluding tert-OH is 1. The van der Waals surface area contributed by atoms with Crippen molar-refractivity contribution in [1.82, 2.24) is 40.8 Å². The van der Waals surface area contributed by atoms with Crippen LogP contribution < -0.4 is 28.0 Å². The molecule has 84 heavy (non-hydrogen) atoms. The van der Waals surface area contributed by atoms with Gasteiger partial charge in [0.15, 0.2) is 0 Å². The lowest BCUT2D eigenvalue weighted by Gasteiger charge is -2.10. The molecule has 0 saturated heterocycles. The fourth-order valence-corrected chi connectivity index (χ4v) is 11.4. The number of nitrogens with zero attached hydrogens (tertiary/aromatic N) is 4. The van der Waals surface area contributed by atoms with Gasteiger partial charge in [0.05, 0.1) is 42.1 Å². The van der Waals surface area contributed by atoms with Crippen LogP contribution in [0.3, 0.4) is 0 Å². The number of nitrogens with two attached hydrogens (primary N) is 1. The van der Waals surface area contributed by atoms with Crippen molar-refractivity contribution in [3.05, 3.63) is 237 Å². The molecule has 0 spiro atoms. The molecule has 0 atom stereocenters. The Hall–Kier alpha value is -5.57. The second-order valence-electron chi connectivity index (χ2n) is 20.3. The molecule has 0 radical (unpaired) electrons. The van der Waals surface area contributed by atoms with Gasteiger partial charge in [0.1, 0.15) is 0 Å². The maximum Gasteiger partial charge on any atom is 0.337 e. The highest BCUT2D eigenvalue weighted by Crippen LogP contribution is 2.34. The number of carbonyl (C=O) groups excluding carboxylic acids is 1. The molecule has 4 aromatic carbocycles. The molecule has 8 rings (SSSR count). The van der Waals surface area contributed by atoms with Crippen molar-refractivity contribution in [2.24, 2.45) is 0 Å². The number of hydrogen-bond donors (Lipinski definition) is 6. The molecule has 0 aliphatic rings. The SMILES string of the molecule is CC(C)c1cc(Cc2c(Cl)cc(Br)cc2Cl)n[nH]c1=O.CC(C)c1cc(Cc2c(Cl)cc(CO)cc2Cl)n[nH]c1=O.CC(C)c1cc(Cc2c(Cl)cc(N)cc2Cl)n[nH]c1=O.COC(=O)c1cc(Cl)c(Cc2cc(C(C)C)c(=O)[nH]n2)c(Cl)c1. The molecule has 7 N–H and O–H groups in total. The van der Waals surface area contributed by atoms with E-state index >= 15 is 0 Å². The Labute approximate surface area is 533 Å². The van der Waals surface area contributed by atoms with Crippen molar-refractivity contribution in [3.8, 4) is 0 Å². The molecule has 25 heteroatoms. The predicted molar refractivity (Wildman–Crippen MR) is 342 cm³/mol. The predicted octanol–water partition coefficient (Wildman–Crippen LogP) is 14.8. The second kappa shape index (κ2) is 31.7. The Morgan fingerprint density at radius 1 is 0.464 bits per heavy atom. The summed E-state index contributed by atoms with van der Waals surface area (Å²) in [7, 11) is 1.29. The van der Waals surface area contributed by atoms with Gasteiger partial charge in [0.2, 0.25) is 0 Å². The monoisotopic (exact) mass is 1370 g/mol. The minimum Gasteiger partial charge on any atom is -0.465 e. The quantitative estimate of drug-likeness (QED) is 0.0439. The van der Waals surface area contributed by atoms with E-state index in [1.54, 1.807) is 60.7 Å². The summed E-state index contributed by atoms with van der Waals surface area (Å²) < 4.78 is 5.48. The molecule has 0 saturated carbocycles. The van der Waals surface area contributed by atoms with Gasteiger partial charge in [-0.25, -0.2) is 25.2 Å². The van der Waals surface area contributed by atoms with E-state index in [2.05, 4.69) is 61.5 Å². The summed E-state index contributed by atoms with van der Waals surface area (Å²) in [6, 6.07) is 20.3. The molecular formula is C59H60BrCl8N9O7. The van der Waals surface area contributed by atoms with Gasteiger partial charge >= 0.3 is 5.97 Å². The van der Waals surface area contributed by atoms with Gasteiger partial charge < -0.3 is 15.6 Å². The molecule has 446 valence electrons. The molecule has 0 bridgehead atoms. The first-order valence-electron chi connectivity index (χ1n) is 25.9. The number of nitrogen functional groups attached to an aromatic ring is 1. The van der Waals surface area contributed by atoms with Gasteiger partial charge in [0, 0.05) is 98.3 Å². The van der Waals surface area contributed by atoms with E-state index in [4.69, 9.17) is 104 Å². The van der Waals surface area contributed by atoms with E-state index in [-0.39, 0.29) is 58.1 Å². The summed E-state index contributed by atoms with van der Waals surface area (Å²) in [6.45, 7) is 15.5. The maximum absolute atomic E-state index is 11.7. The first-order valence-corrected chi connectivity index (χ1v) is 29.7. The molecule has 4 aromatic heterocycles. The summed E-state index contributed by atoms with van der Waals surface area (Å²) in [6.07, 6.45) is 1.67. The number of aromatic nitrogens is 8. The van der Waals surface area contributed by atoms with E-state index in [0.717, 1.165) is 26.9 Å². The van der Waals surface area contributed by atoms with Gasteiger partial charge in [-0.15, -0.1) is 0 Å². The number of ether oxygens (including phenoxy) is 1. The highest BCUT2D eigenvalue weighted by atomic mass is 79.9. The number of nitrogens with one attached hydrogen (secondary N) is 4. The molecule has 16 nitrogen and oxygen atoms in total. The zero-order valence-corrected chi connectivity index (χ0v) is 54.6. The zero-order chi connectivity index (χ0) is 62.4. The van der Waals surface area contributed by atoms with Gasteiger partial charge in [-0.05, 0) is 124 Å². The summed E-state index contributed by atoms with van der Waals surface area (Å²) in [4.78, 5) is 58.3. The van der Waals surface area contributed by atoms with Crippen molar-refractivity contribution in [1.29, 1.82) is 0 Å². The van der Waals surface area contributed by atoms with Crippen LogP contribution in [-0.4, -0.2) is 59.0 Å². The number of aliphatic hydroxyl groups is 1. The Bertz CT molecular complexity index is 3690. The number of benzene rings is 4. The summed E-state index contributed by atoms with van der Waals surface area (Å²) in [5.74, 6) is -0.0646. The lowest BCUT2D eigenvalue weighted by atomic mass is 10.0. The molecule has 0 aliphatic heterocycles. The lowest BCUT2D eigenvalue weighted by molar-refractivity contribution is 0.0600. The number of carbonyl (C=O) groups is 1. The summed E-state index contributed by atoms with van der Waals surface area (Å²) in [5, 5.41) is 39.1. The van der Waals surface area contributed by atoms with E-state index in [9.17, 15) is 24.0 Å². The van der Waals surface area contributed by atoms with Crippen LogP contribution in [0.5, 0.6) is 0 Å². The normalized spacial score (nSPS) is 11.0. The summed E-state index contributed by atoms with van der Waals surface area (Å²) >= 11 is 52.9. The highest BCUT2D eigenvalue weighted by Gasteiger charge is 2.18. The Morgan fingerprint density at radius 2 is 0.714 bits per heavy atom. The van der Waals surface area contributed by atoms with Crippen molar-refractivity contribution >= 4 is 120 Å².